The number of aliphatic imine (C=N–C) groups is 1. The van der Waals surface area contributed by atoms with Crippen LogP contribution in [0.25, 0.3) is 0 Å². The highest BCUT2D eigenvalue weighted by atomic mass is 15.3. The van der Waals surface area contributed by atoms with E-state index in [1.807, 2.05) is 0 Å². The second kappa shape index (κ2) is 4.12. The summed E-state index contributed by atoms with van der Waals surface area (Å²) < 4.78 is 0. The van der Waals surface area contributed by atoms with Crippen molar-refractivity contribution >= 4 is 5.84 Å². The maximum Gasteiger partial charge on any atom is 0.115 e. The summed E-state index contributed by atoms with van der Waals surface area (Å²) in [6, 6.07) is 0. The molecule has 1 saturated carbocycles. The average molecular weight is 211 g/mol. The van der Waals surface area contributed by atoms with Gasteiger partial charge in [0.15, 0.2) is 0 Å². The number of hydrazine groups is 1. The van der Waals surface area contributed by atoms with E-state index < -0.39 is 0 Å². The van der Waals surface area contributed by atoms with Gasteiger partial charge in [-0.05, 0) is 39.0 Å². The molecule has 15 heavy (non-hydrogen) atoms. The molecule has 0 saturated heterocycles. The summed E-state index contributed by atoms with van der Waals surface area (Å²) in [4.78, 5) is 4.69. The maximum atomic E-state index is 5.60. The van der Waals surface area contributed by atoms with Crippen molar-refractivity contribution in [1.82, 2.24) is 5.43 Å². The summed E-state index contributed by atoms with van der Waals surface area (Å²) >= 11 is 0. The lowest BCUT2D eigenvalue weighted by atomic mass is 9.81. The van der Waals surface area contributed by atoms with Crippen LogP contribution in [0.5, 0.6) is 0 Å². The fraction of sp³-hybridized carbons (Fsp3) is 0.917. The molecule has 0 heterocycles. The van der Waals surface area contributed by atoms with Crippen molar-refractivity contribution in [3.63, 3.8) is 0 Å². The minimum Gasteiger partial charge on any atom is -0.312 e. The van der Waals surface area contributed by atoms with Gasteiger partial charge in [-0.25, -0.2) is 5.84 Å². The minimum atomic E-state index is -0.0552. The Kier molecular flexibility index (Phi) is 3.44. The zero-order chi connectivity index (χ0) is 11.7. The molecule has 0 amide bonds. The third-order valence-electron chi connectivity index (χ3n) is 3.19. The molecule has 1 fully saturated rings. The smallest absolute Gasteiger partial charge is 0.115 e. The Bertz CT molecular complexity index is 248. The summed E-state index contributed by atoms with van der Waals surface area (Å²) in [5.41, 5.74) is 3.08. The van der Waals surface area contributed by atoms with Gasteiger partial charge in [-0.2, -0.15) is 0 Å². The number of amidine groups is 1. The molecule has 3 nitrogen and oxygen atoms in total. The van der Waals surface area contributed by atoms with E-state index in [-0.39, 0.29) is 5.54 Å². The Hall–Kier alpha value is -0.570. The minimum absolute atomic E-state index is 0.0552. The number of hydrogen-bond acceptors (Lipinski definition) is 2. The fourth-order valence-electron chi connectivity index (χ4n) is 2.41. The standard InChI is InChI=1S/C12H25N3/c1-11(2,3)14-10(15-13)9-7-6-8-12(9,4)5/h9H,6-8,13H2,1-5H3,(H,14,15). The van der Waals surface area contributed by atoms with Crippen LogP contribution in [0, 0.1) is 11.3 Å². The Morgan fingerprint density at radius 3 is 2.33 bits per heavy atom. The van der Waals surface area contributed by atoms with Crippen LogP contribution < -0.4 is 11.3 Å². The van der Waals surface area contributed by atoms with Gasteiger partial charge in [0.05, 0.1) is 5.54 Å². The third-order valence-corrected chi connectivity index (χ3v) is 3.19. The molecule has 1 rings (SSSR count). The monoisotopic (exact) mass is 211 g/mol. The van der Waals surface area contributed by atoms with E-state index in [0.29, 0.717) is 11.3 Å². The molecule has 0 bridgehead atoms. The molecule has 3 N–H and O–H groups in total. The first-order chi connectivity index (χ1) is 6.76. The van der Waals surface area contributed by atoms with Gasteiger partial charge in [-0.3, -0.25) is 4.99 Å². The van der Waals surface area contributed by atoms with Crippen LogP contribution in [-0.4, -0.2) is 11.4 Å². The lowest BCUT2D eigenvalue weighted by Crippen LogP contribution is -2.41. The van der Waals surface area contributed by atoms with E-state index in [0.717, 1.165) is 5.84 Å². The zero-order valence-corrected chi connectivity index (χ0v) is 10.7. The number of hydrogen-bond donors (Lipinski definition) is 2. The van der Waals surface area contributed by atoms with Crippen molar-refractivity contribution in [2.75, 3.05) is 0 Å². The molecule has 0 aromatic heterocycles. The summed E-state index contributed by atoms with van der Waals surface area (Å²) in [7, 11) is 0. The van der Waals surface area contributed by atoms with Crippen molar-refractivity contribution in [2.24, 2.45) is 22.2 Å². The van der Waals surface area contributed by atoms with Gasteiger partial charge in [0, 0.05) is 5.92 Å². The molecule has 0 spiro atoms. The van der Waals surface area contributed by atoms with E-state index in [1.54, 1.807) is 0 Å². The summed E-state index contributed by atoms with van der Waals surface area (Å²) in [6.45, 7) is 10.9. The van der Waals surface area contributed by atoms with Crippen LogP contribution in [0.3, 0.4) is 0 Å². The Morgan fingerprint density at radius 1 is 1.40 bits per heavy atom. The molecule has 0 aromatic carbocycles. The summed E-state index contributed by atoms with van der Waals surface area (Å²) in [5, 5.41) is 0. The molecule has 3 heteroatoms. The number of nitrogens with one attached hydrogen (secondary N) is 1. The highest BCUT2D eigenvalue weighted by Gasteiger charge is 2.38. The highest BCUT2D eigenvalue weighted by Crippen LogP contribution is 2.43. The van der Waals surface area contributed by atoms with Gasteiger partial charge in [-0.15, -0.1) is 0 Å². The molecular formula is C12H25N3. The maximum absolute atomic E-state index is 5.60. The highest BCUT2D eigenvalue weighted by molar-refractivity contribution is 5.85. The van der Waals surface area contributed by atoms with Crippen molar-refractivity contribution in [1.29, 1.82) is 0 Å². The zero-order valence-electron chi connectivity index (χ0n) is 10.7. The van der Waals surface area contributed by atoms with Crippen LogP contribution in [-0.2, 0) is 0 Å². The second-order valence-electron chi connectivity index (χ2n) is 6.25. The first-order valence-electron chi connectivity index (χ1n) is 5.83. The van der Waals surface area contributed by atoms with E-state index in [1.165, 1.54) is 19.3 Å². The quantitative estimate of drug-likeness (QED) is 0.303. The van der Waals surface area contributed by atoms with Crippen molar-refractivity contribution in [3.05, 3.63) is 0 Å². The third kappa shape index (κ3) is 3.20. The van der Waals surface area contributed by atoms with Gasteiger partial charge in [0.25, 0.3) is 0 Å². The number of rotatable bonds is 1. The van der Waals surface area contributed by atoms with Crippen molar-refractivity contribution in [3.8, 4) is 0 Å². The Labute approximate surface area is 93.5 Å². The molecule has 0 aromatic rings. The van der Waals surface area contributed by atoms with E-state index in [2.05, 4.69) is 45.0 Å². The Morgan fingerprint density at radius 2 is 2.00 bits per heavy atom. The van der Waals surface area contributed by atoms with Crippen LogP contribution in [0.15, 0.2) is 4.99 Å². The van der Waals surface area contributed by atoms with Crippen LogP contribution in [0.4, 0.5) is 0 Å². The molecule has 0 radical (unpaired) electrons. The normalized spacial score (nSPS) is 26.8. The SMILES string of the molecule is CC(C)(C)N=C(NN)C1CCCC1(C)C. The number of nitrogens with zero attached hydrogens (tertiary/aromatic N) is 1. The molecule has 1 atom stereocenters. The number of nitrogens with two attached hydrogens (primary N) is 1. The van der Waals surface area contributed by atoms with E-state index >= 15 is 0 Å². The average Bonchev–Trinajstić information content (AvgIpc) is 2.39. The van der Waals surface area contributed by atoms with Crippen molar-refractivity contribution in [2.45, 2.75) is 59.4 Å². The summed E-state index contributed by atoms with van der Waals surface area (Å²) in [5.74, 6) is 7.06. The molecule has 1 aliphatic rings. The lowest BCUT2D eigenvalue weighted by Gasteiger charge is -2.29. The largest absolute Gasteiger partial charge is 0.312 e. The topological polar surface area (TPSA) is 50.4 Å². The van der Waals surface area contributed by atoms with Crippen LogP contribution in [0.2, 0.25) is 0 Å². The van der Waals surface area contributed by atoms with Crippen molar-refractivity contribution < 1.29 is 0 Å². The first-order valence-corrected chi connectivity index (χ1v) is 5.83. The van der Waals surface area contributed by atoms with Gasteiger partial charge < -0.3 is 5.43 Å². The first kappa shape index (κ1) is 12.5. The molecule has 1 aliphatic carbocycles. The van der Waals surface area contributed by atoms with Crippen LogP contribution >= 0.6 is 0 Å². The van der Waals surface area contributed by atoms with Gasteiger partial charge in [0.1, 0.15) is 5.84 Å². The van der Waals surface area contributed by atoms with Gasteiger partial charge in [-0.1, -0.05) is 20.3 Å². The molecule has 1 unspecified atom stereocenters. The lowest BCUT2D eigenvalue weighted by molar-refractivity contribution is 0.319. The molecular weight excluding hydrogens is 186 g/mol. The van der Waals surface area contributed by atoms with Crippen LogP contribution in [0.1, 0.15) is 53.9 Å². The second-order valence-corrected chi connectivity index (χ2v) is 6.25. The molecule has 88 valence electrons. The Balaban J connectivity index is 2.88. The molecule has 0 aliphatic heterocycles. The van der Waals surface area contributed by atoms with Gasteiger partial charge in [0.2, 0.25) is 0 Å². The predicted octanol–water partition coefficient (Wildman–Crippen LogP) is 2.47. The summed E-state index contributed by atoms with van der Waals surface area (Å²) in [6.07, 6.45) is 3.75. The van der Waals surface area contributed by atoms with Gasteiger partial charge >= 0.3 is 0 Å². The fourth-order valence-corrected chi connectivity index (χ4v) is 2.41. The predicted molar refractivity (Wildman–Crippen MR) is 65.6 cm³/mol. The van der Waals surface area contributed by atoms with E-state index in [4.69, 9.17) is 5.84 Å². The van der Waals surface area contributed by atoms with E-state index in [9.17, 15) is 0 Å².